The summed E-state index contributed by atoms with van der Waals surface area (Å²) >= 11 is 0. The van der Waals surface area contributed by atoms with Gasteiger partial charge in [0.2, 0.25) is 0 Å². The summed E-state index contributed by atoms with van der Waals surface area (Å²) in [6.45, 7) is 1.03. The molecular weight excluding hydrogens is 394 g/mol. The largest absolute Gasteiger partial charge is 0.354 e. The number of benzene rings is 2. The SMILES string of the molecule is CN1CN(c2c(F)cc(C#Cc3ccccc3)cc2F)CC[C@]12CCCc1[nH]ncc12. The summed E-state index contributed by atoms with van der Waals surface area (Å²) in [6, 6.07) is 12.1. The van der Waals surface area contributed by atoms with Gasteiger partial charge < -0.3 is 4.90 Å². The van der Waals surface area contributed by atoms with Gasteiger partial charge in [-0.1, -0.05) is 30.0 Å². The molecule has 158 valence electrons. The first-order chi connectivity index (χ1) is 15.1. The molecular formula is C25H24F2N4. The standard InChI is InChI=1S/C25H24F2N4/c1-30-17-31(13-12-25(30)11-5-8-23-20(25)16-28-29-23)24-21(26)14-19(15-22(24)27)10-9-18-6-3-2-4-7-18/h2-4,6-7,14-16H,5,8,11-13,17H2,1H3,(H,28,29)/t25-/m0/s1. The van der Waals surface area contributed by atoms with E-state index in [-0.39, 0.29) is 11.2 Å². The first-order valence-electron chi connectivity index (χ1n) is 10.6. The maximum atomic E-state index is 15.0. The summed E-state index contributed by atoms with van der Waals surface area (Å²) < 4.78 is 30.0. The van der Waals surface area contributed by atoms with Crippen LogP contribution < -0.4 is 4.90 Å². The van der Waals surface area contributed by atoms with Crippen LogP contribution in [0.1, 0.15) is 41.6 Å². The number of rotatable bonds is 1. The topological polar surface area (TPSA) is 35.2 Å². The molecule has 0 saturated carbocycles. The van der Waals surface area contributed by atoms with E-state index in [1.54, 1.807) is 4.90 Å². The fourth-order valence-electron chi connectivity index (χ4n) is 5.01. The molecule has 0 unspecified atom stereocenters. The van der Waals surface area contributed by atoms with Gasteiger partial charge in [0, 0.05) is 28.9 Å². The van der Waals surface area contributed by atoms with Crippen LogP contribution in [0.5, 0.6) is 0 Å². The van der Waals surface area contributed by atoms with E-state index in [9.17, 15) is 8.78 Å². The maximum absolute atomic E-state index is 15.0. The van der Waals surface area contributed by atoms with E-state index in [0.717, 1.165) is 31.2 Å². The number of anilines is 1. The van der Waals surface area contributed by atoms with Crippen LogP contribution in [0.2, 0.25) is 0 Å². The molecule has 0 bridgehead atoms. The average Bonchev–Trinajstić information content (AvgIpc) is 3.25. The zero-order valence-corrected chi connectivity index (χ0v) is 17.5. The highest BCUT2D eigenvalue weighted by molar-refractivity contribution is 5.55. The van der Waals surface area contributed by atoms with Crippen LogP contribution in [0, 0.1) is 23.5 Å². The quantitative estimate of drug-likeness (QED) is 0.595. The Morgan fingerprint density at radius 1 is 1.03 bits per heavy atom. The predicted octanol–water partition coefficient (Wildman–Crippen LogP) is 4.42. The first kappa shape index (κ1) is 19.8. The Bertz CT molecular complexity index is 1140. The van der Waals surface area contributed by atoms with E-state index in [4.69, 9.17) is 0 Å². The molecule has 0 radical (unpaired) electrons. The number of hydrogen-bond acceptors (Lipinski definition) is 3. The molecule has 4 nitrogen and oxygen atoms in total. The van der Waals surface area contributed by atoms with Crippen LogP contribution in [0.3, 0.4) is 0 Å². The van der Waals surface area contributed by atoms with Crippen molar-refractivity contribution in [2.24, 2.45) is 0 Å². The highest BCUT2D eigenvalue weighted by atomic mass is 19.1. The second-order valence-electron chi connectivity index (χ2n) is 8.40. The molecule has 1 fully saturated rings. The van der Waals surface area contributed by atoms with Crippen molar-refractivity contribution < 1.29 is 8.78 Å². The van der Waals surface area contributed by atoms with Gasteiger partial charge in [-0.25, -0.2) is 8.78 Å². The molecule has 1 aliphatic carbocycles. The predicted molar refractivity (Wildman–Crippen MR) is 117 cm³/mol. The van der Waals surface area contributed by atoms with Crippen molar-refractivity contribution in [1.82, 2.24) is 15.1 Å². The van der Waals surface area contributed by atoms with Crippen LogP contribution in [-0.2, 0) is 12.0 Å². The molecule has 1 aliphatic heterocycles. The van der Waals surface area contributed by atoms with E-state index in [1.165, 1.54) is 23.4 Å². The molecule has 0 amide bonds. The second-order valence-corrected chi connectivity index (χ2v) is 8.40. The zero-order chi connectivity index (χ0) is 21.4. The Labute approximate surface area is 180 Å². The van der Waals surface area contributed by atoms with Crippen LogP contribution in [0.4, 0.5) is 14.5 Å². The monoisotopic (exact) mass is 418 g/mol. The average molecular weight is 418 g/mol. The highest BCUT2D eigenvalue weighted by Crippen LogP contribution is 2.44. The smallest absolute Gasteiger partial charge is 0.150 e. The number of halogens is 2. The van der Waals surface area contributed by atoms with Crippen molar-refractivity contribution in [3.05, 3.63) is 82.7 Å². The van der Waals surface area contributed by atoms with Gasteiger partial charge in [-0.05, 0) is 57.0 Å². The summed E-state index contributed by atoms with van der Waals surface area (Å²) in [7, 11) is 2.03. The molecule has 1 aromatic heterocycles. The Hall–Kier alpha value is -3.17. The van der Waals surface area contributed by atoms with Gasteiger partial charge >= 0.3 is 0 Å². The molecule has 5 rings (SSSR count). The van der Waals surface area contributed by atoms with Gasteiger partial charge in [0.1, 0.15) is 5.69 Å². The molecule has 2 aromatic carbocycles. The maximum Gasteiger partial charge on any atom is 0.150 e. The summed E-state index contributed by atoms with van der Waals surface area (Å²) in [5.41, 5.74) is 3.46. The number of H-pyrrole nitrogens is 1. The summed E-state index contributed by atoms with van der Waals surface area (Å²) in [6.07, 6.45) is 5.83. The lowest BCUT2D eigenvalue weighted by atomic mass is 9.75. The minimum atomic E-state index is -0.575. The number of nitrogens with zero attached hydrogens (tertiary/aromatic N) is 3. The third-order valence-electron chi connectivity index (χ3n) is 6.60. The van der Waals surface area contributed by atoms with Gasteiger partial charge in [-0.3, -0.25) is 10.00 Å². The van der Waals surface area contributed by atoms with Crippen molar-refractivity contribution in [1.29, 1.82) is 0 Å². The minimum absolute atomic E-state index is 0.0233. The van der Waals surface area contributed by atoms with Crippen molar-refractivity contribution in [2.75, 3.05) is 25.2 Å². The van der Waals surface area contributed by atoms with Crippen molar-refractivity contribution in [2.45, 2.75) is 31.2 Å². The molecule has 1 N–H and O–H groups in total. The molecule has 1 atom stereocenters. The fourth-order valence-corrected chi connectivity index (χ4v) is 5.01. The van der Waals surface area contributed by atoms with Gasteiger partial charge in [0.15, 0.2) is 11.6 Å². The minimum Gasteiger partial charge on any atom is -0.354 e. The molecule has 6 heteroatoms. The van der Waals surface area contributed by atoms with Crippen LogP contribution in [0.15, 0.2) is 48.7 Å². The van der Waals surface area contributed by atoms with Gasteiger partial charge in [-0.2, -0.15) is 5.10 Å². The molecule has 2 aliphatic rings. The van der Waals surface area contributed by atoms with Gasteiger partial charge in [0.25, 0.3) is 0 Å². The lowest BCUT2D eigenvalue weighted by Gasteiger charge is -2.51. The summed E-state index contributed by atoms with van der Waals surface area (Å²) in [4.78, 5) is 4.00. The Morgan fingerprint density at radius 2 is 1.77 bits per heavy atom. The van der Waals surface area contributed by atoms with Crippen molar-refractivity contribution in [3.8, 4) is 11.8 Å². The number of aromatic nitrogens is 2. The van der Waals surface area contributed by atoms with Gasteiger partial charge in [-0.15, -0.1) is 0 Å². The second kappa shape index (κ2) is 7.82. The Balaban J connectivity index is 1.39. The lowest BCUT2D eigenvalue weighted by molar-refractivity contribution is 0.0626. The van der Waals surface area contributed by atoms with Crippen molar-refractivity contribution >= 4 is 5.69 Å². The zero-order valence-electron chi connectivity index (χ0n) is 17.5. The molecule has 1 spiro atoms. The number of aromatic amines is 1. The summed E-state index contributed by atoms with van der Waals surface area (Å²) in [5.74, 6) is 4.67. The van der Waals surface area contributed by atoms with E-state index >= 15 is 0 Å². The van der Waals surface area contributed by atoms with Crippen LogP contribution in [0.25, 0.3) is 0 Å². The molecule has 3 aromatic rings. The third kappa shape index (κ3) is 3.49. The van der Waals surface area contributed by atoms with E-state index in [2.05, 4.69) is 26.9 Å². The number of fused-ring (bicyclic) bond motifs is 2. The lowest BCUT2D eigenvalue weighted by Crippen LogP contribution is -2.56. The van der Waals surface area contributed by atoms with E-state index in [1.807, 2.05) is 43.6 Å². The number of hydrogen-bond donors (Lipinski definition) is 1. The van der Waals surface area contributed by atoms with Gasteiger partial charge in [0.05, 0.1) is 18.4 Å². The van der Waals surface area contributed by atoms with Crippen molar-refractivity contribution in [3.63, 3.8) is 0 Å². The Kier molecular flexibility index (Phi) is 4.99. The summed E-state index contributed by atoms with van der Waals surface area (Å²) in [5, 5.41) is 7.36. The number of aryl methyl sites for hydroxylation is 1. The fraction of sp³-hybridized carbons (Fsp3) is 0.320. The van der Waals surface area contributed by atoms with Crippen LogP contribution >= 0.6 is 0 Å². The molecule has 31 heavy (non-hydrogen) atoms. The molecule has 2 heterocycles. The first-order valence-corrected chi connectivity index (χ1v) is 10.6. The molecule has 1 saturated heterocycles. The van der Waals surface area contributed by atoms with E-state index in [0.29, 0.717) is 18.8 Å². The normalized spacial score (nSPS) is 20.9. The van der Waals surface area contributed by atoms with Crippen LogP contribution in [-0.4, -0.2) is 35.4 Å². The van der Waals surface area contributed by atoms with E-state index < -0.39 is 11.6 Å². The Morgan fingerprint density at radius 3 is 2.52 bits per heavy atom. The third-order valence-corrected chi connectivity index (χ3v) is 6.60. The number of nitrogens with one attached hydrogen (secondary N) is 1. The highest BCUT2D eigenvalue weighted by Gasteiger charge is 2.44.